The van der Waals surface area contributed by atoms with Crippen LogP contribution in [0.2, 0.25) is 0 Å². The molecule has 0 amide bonds. The van der Waals surface area contributed by atoms with Gasteiger partial charge in [0.15, 0.2) is 0 Å². The summed E-state index contributed by atoms with van der Waals surface area (Å²) in [5.74, 6) is 0. The fraction of sp³-hybridized carbons (Fsp3) is 0.0435. The highest BCUT2D eigenvalue weighted by Crippen LogP contribution is 2.66. The van der Waals surface area contributed by atoms with E-state index >= 15 is 0 Å². The number of rotatable bonds is 3. The monoisotopic (exact) mass is 900 g/mol. The first-order chi connectivity index (χ1) is 35.1. The van der Waals surface area contributed by atoms with Gasteiger partial charge in [0, 0.05) is 57.7 Å². The summed E-state index contributed by atoms with van der Waals surface area (Å²) in [5, 5.41) is 12.6. The quantitative estimate of drug-likeness (QED) is 0.156. The third kappa shape index (κ3) is 4.96. The number of para-hydroxylation sites is 2. The van der Waals surface area contributed by atoms with Gasteiger partial charge in [0.05, 0.1) is 5.41 Å². The van der Waals surface area contributed by atoms with Crippen LogP contribution in [0, 0.1) is 0 Å². The van der Waals surface area contributed by atoms with Crippen LogP contribution in [0.15, 0.2) is 231 Å². The van der Waals surface area contributed by atoms with Gasteiger partial charge in [0.25, 0.3) is 0 Å². The molecule has 12 aromatic carbocycles. The van der Waals surface area contributed by atoms with Gasteiger partial charge in [0.2, 0.25) is 0 Å². The van der Waals surface area contributed by atoms with Gasteiger partial charge in [-0.1, -0.05) is 182 Å². The van der Waals surface area contributed by atoms with Crippen LogP contribution in [0.5, 0.6) is 0 Å². The van der Waals surface area contributed by atoms with Gasteiger partial charge in [-0.15, -0.1) is 0 Å². The zero-order valence-corrected chi connectivity index (χ0v) is 39.3. The Morgan fingerprint density at radius 2 is 0.690 bits per heavy atom. The second-order valence-corrected chi connectivity index (χ2v) is 20.0. The van der Waals surface area contributed by atoms with Crippen molar-refractivity contribution < 1.29 is 0 Å². The highest BCUT2D eigenvalue weighted by atomic mass is 14.9. The number of nitrogens with zero attached hydrogens (tertiary/aromatic N) is 2. The summed E-state index contributed by atoms with van der Waals surface area (Å²) in [4.78, 5) is 0. The van der Waals surface area contributed by atoms with E-state index in [-0.39, 0.29) is 0 Å². The number of benzene rings is 12. The fourth-order valence-electron chi connectivity index (χ4n) is 13.8. The van der Waals surface area contributed by atoms with E-state index in [1.54, 1.807) is 0 Å². The van der Waals surface area contributed by atoms with Crippen LogP contribution in [-0.2, 0) is 19.5 Å². The van der Waals surface area contributed by atoms with E-state index in [9.17, 15) is 0 Å². The Morgan fingerprint density at radius 1 is 0.268 bits per heavy atom. The molecule has 2 heteroatoms. The Labute approximate surface area is 410 Å². The van der Waals surface area contributed by atoms with E-state index in [4.69, 9.17) is 0 Å². The van der Waals surface area contributed by atoms with E-state index in [0.29, 0.717) is 0 Å². The molecule has 330 valence electrons. The van der Waals surface area contributed by atoms with Crippen molar-refractivity contribution in [1.29, 1.82) is 0 Å². The third-order valence-corrected chi connectivity index (χ3v) is 16.7. The average molecular weight is 901 g/mol. The standard InChI is InChI=1S/C69H44N2/c1-70-62-31-13-8-21-49(62)56-37-42(33-35-64(56)70)44-24-15-26-51-54(44)40-55-45(43-34-36-65-57(38-43)50-22-9-14-32-63(50)71(65)2)25-16-27-52(55)66(51)58-39-41-17-3-4-18-46(41)67-53-23-7-12-30-61(53)69(68(58)67)59-28-10-5-19-47(59)48-20-6-11-29-60(48)69/h3-40H,1-2H3. The van der Waals surface area contributed by atoms with Crippen molar-refractivity contribution in [2.75, 3.05) is 0 Å². The fourth-order valence-corrected chi connectivity index (χ4v) is 13.8. The summed E-state index contributed by atoms with van der Waals surface area (Å²) in [5.41, 5.74) is 22.5. The first kappa shape index (κ1) is 38.9. The van der Waals surface area contributed by atoms with Crippen molar-refractivity contribution in [3.8, 4) is 55.6 Å². The number of hydrogen-bond donors (Lipinski definition) is 0. The van der Waals surface area contributed by atoms with Crippen molar-refractivity contribution in [3.63, 3.8) is 0 Å². The van der Waals surface area contributed by atoms with Gasteiger partial charge in [-0.25, -0.2) is 0 Å². The summed E-state index contributed by atoms with van der Waals surface area (Å²) < 4.78 is 4.66. The zero-order valence-electron chi connectivity index (χ0n) is 39.3. The molecule has 0 aliphatic heterocycles. The molecule has 0 saturated carbocycles. The Kier molecular flexibility index (Phi) is 7.71. The molecule has 16 rings (SSSR count). The summed E-state index contributed by atoms with van der Waals surface area (Å²) in [6.45, 7) is 0. The average Bonchev–Trinajstić information content (AvgIpc) is 4.12. The predicted octanol–water partition coefficient (Wildman–Crippen LogP) is 17.8. The summed E-state index contributed by atoms with van der Waals surface area (Å²) in [6.07, 6.45) is 0. The van der Waals surface area contributed by atoms with E-state index in [0.717, 1.165) is 0 Å². The van der Waals surface area contributed by atoms with Crippen molar-refractivity contribution in [2.24, 2.45) is 14.1 Å². The van der Waals surface area contributed by atoms with Gasteiger partial charge in [0.1, 0.15) is 0 Å². The van der Waals surface area contributed by atoms with Crippen LogP contribution in [0.25, 0.3) is 132 Å². The Balaban J connectivity index is 1.08. The molecule has 1 spiro atoms. The first-order valence-electron chi connectivity index (χ1n) is 24.9. The van der Waals surface area contributed by atoms with Crippen molar-refractivity contribution in [2.45, 2.75) is 5.41 Å². The summed E-state index contributed by atoms with van der Waals surface area (Å²) >= 11 is 0. The lowest BCUT2D eigenvalue weighted by Gasteiger charge is -2.33. The van der Waals surface area contributed by atoms with Crippen LogP contribution < -0.4 is 0 Å². The Morgan fingerprint density at radius 3 is 1.25 bits per heavy atom. The highest BCUT2D eigenvalue weighted by molar-refractivity contribution is 6.23. The maximum atomic E-state index is 2.54. The van der Waals surface area contributed by atoms with Gasteiger partial charge in [-0.3, -0.25) is 0 Å². The molecule has 0 unspecified atom stereocenters. The van der Waals surface area contributed by atoms with Crippen LogP contribution >= 0.6 is 0 Å². The molecule has 2 aromatic heterocycles. The lowest BCUT2D eigenvalue weighted by Crippen LogP contribution is -2.26. The number of hydrogen-bond acceptors (Lipinski definition) is 0. The highest BCUT2D eigenvalue weighted by Gasteiger charge is 2.53. The molecule has 0 atom stereocenters. The molecule has 0 saturated heterocycles. The maximum absolute atomic E-state index is 2.54. The van der Waals surface area contributed by atoms with E-state index in [2.05, 4.69) is 254 Å². The van der Waals surface area contributed by atoms with Crippen LogP contribution in [0.3, 0.4) is 0 Å². The van der Waals surface area contributed by atoms with Gasteiger partial charge in [-0.2, -0.15) is 0 Å². The number of aryl methyl sites for hydroxylation is 2. The minimum atomic E-state index is -0.555. The summed E-state index contributed by atoms with van der Waals surface area (Å²) in [7, 11) is 4.37. The molecule has 0 radical (unpaired) electrons. The molecular weight excluding hydrogens is 857 g/mol. The van der Waals surface area contributed by atoms with Gasteiger partial charge >= 0.3 is 0 Å². The third-order valence-electron chi connectivity index (χ3n) is 16.7. The molecule has 0 bridgehead atoms. The number of aromatic nitrogens is 2. The van der Waals surface area contributed by atoms with Crippen molar-refractivity contribution in [3.05, 3.63) is 253 Å². The largest absolute Gasteiger partial charge is 0.344 e. The van der Waals surface area contributed by atoms with Crippen LogP contribution in [0.1, 0.15) is 22.3 Å². The van der Waals surface area contributed by atoms with Crippen molar-refractivity contribution in [1.82, 2.24) is 9.13 Å². The van der Waals surface area contributed by atoms with Gasteiger partial charge < -0.3 is 9.13 Å². The van der Waals surface area contributed by atoms with E-state index in [1.807, 2.05) is 0 Å². The molecule has 2 heterocycles. The molecule has 0 N–H and O–H groups in total. The normalized spacial score (nSPS) is 13.3. The van der Waals surface area contributed by atoms with Crippen LogP contribution in [-0.4, -0.2) is 9.13 Å². The molecule has 0 fully saturated rings. The lowest BCUT2D eigenvalue weighted by molar-refractivity contribution is 0.796. The summed E-state index contributed by atoms with van der Waals surface area (Å²) in [6, 6.07) is 87.8. The first-order valence-corrected chi connectivity index (χ1v) is 24.9. The molecule has 14 aromatic rings. The van der Waals surface area contributed by atoms with Crippen LogP contribution in [0.4, 0.5) is 0 Å². The second-order valence-electron chi connectivity index (χ2n) is 20.0. The molecule has 2 aliphatic carbocycles. The zero-order chi connectivity index (χ0) is 46.7. The van der Waals surface area contributed by atoms with E-state index < -0.39 is 5.41 Å². The van der Waals surface area contributed by atoms with Crippen molar-refractivity contribution >= 4 is 75.9 Å². The maximum Gasteiger partial charge on any atom is 0.0731 e. The predicted molar refractivity (Wildman–Crippen MR) is 300 cm³/mol. The SMILES string of the molecule is Cn1c2ccccc2c2cc(-c3cccc4c(-c5cc6ccccc6c6c5C5(c7ccccc7-c7ccccc75)c5ccccc5-6)c5cccc(-c6ccc7c(c6)c6ccccc6n7C)c5cc34)ccc21. The van der Waals surface area contributed by atoms with E-state index in [1.165, 1.54) is 154 Å². The Bertz CT molecular complexity index is 4450. The lowest BCUT2D eigenvalue weighted by atomic mass is 9.68. The molecule has 71 heavy (non-hydrogen) atoms. The number of fused-ring (bicyclic) bond motifs is 20. The van der Waals surface area contributed by atoms with Gasteiger partial charge in [-0.05, 0) is 159 Å². The molecule has 2 nitrogen and oxygen atoms in total. The molecule has 2 aliphatic rings. The topological polar surface area (TPSA) is 9.86 Å². The second kappa shape index (κ2) is 14.1. The molecular formula is C69H44N2. The minimum Gasteiger partial charge on any atom is -0.344 e. The smallest absolute Gasteiger partial charge is 0.0731 e. The Hall–Kier alpha value is -8.98. The minimum absolute atomic E-state index is 0.555.